The van der Waals surface area contributed by atoms with E-state index in [-0.39, 0.29) is 25.0 Å². The molecule has 0 radical (unpaired) electrons. The highest BCUT2D eigenvalue weighted by molar-refractivity contribution is 6.29. The van der Waals surface area contributed by atoms with Crippen molar-refractivity contribution in [2.24, 2.45) is 5.92 Å². The summed E-state index contributed by atoms with van der Waals surface area (Å²) in [5.74, 6) is 0.0138. The van der Waals surface area contributed by atoms with Crippen LogP contribution in [0.25, 0.3) is 0 Å². The van der Waals surface area contributed by atoms with Crippen LogP contribution in [0.3, 0.4) is 0 Å². The Kier molecular flexibility index (Phi) is 8.93. The molecule has 2 rings (SSSR count). The first-order chi connectivity index (χ1) is 13.8. The number of ether oxygens (including phenoxy) is 1. The third kappa shape index (κ3) is 8.11. The Morgan fingerprint density at radius 1 is 1.14 bits per heavy atom. The van der Waals surface area contributed by atoms with Crippen molar-refractivity contribution in [3.63, 3.8) is 0 Å². The summed E-state index contributed by atoms with van der Waals surface area (Å²) < 4.78 is 6.14. The minimum atomic E-state index is -0.946. The number of nitrogens with one attached hydrogen (secondary N) is 1. The molecule has 1 amide bonds. The molecule has 0 saturated carbocycles. The average Bonchev–Trinajstić information content (AvgIpc) is 2.68. The summed E-state index contributed by atoms with van der Waals surface area (Å²) in [6.07, 6.45) is 4.28. The quantitative estimate of drug-likeness (QED) is 0.507. The molecule has 0 aliphatic heterocycles. The first-order valence-electron chi connectivity index (χ1n) is 9.73. The van der Waals surface area contributed by atoms with Crippen molar-refractivity contribution in [1.82, 2.24) is 10.3 Å². The lowest BCUT2D eigenvalue weighted by Gasteiger charge is -2.20. The van der Waals surface area contributed by atoms with Crippen LogP contribution in [-0.2, 0) is 4.79 Å². The molecule has 0 saturated heterocycles. The number of aliphatic carboxylic acids is 1. The van der Waals surface area contributed by atoms with E-state index in [1.165, 1.54) is 0 Å². The first kappa shape index (κ1) is 22.7. The van der Waals surface area contributed by atoms with Crippen LogP contribution in [0.5, 0.6) is 5.75 Å². The van der Waals surface area contributed by atoms with Crippen LogP contribution >= 0.6 is 11.6 Å². The van der Waals surface area contributed by atoms with Gasteiger partial charge >= 0.3 is 5.97 Å². The summed E-state index contributed by atoms with van der Waals surface area (Å²) in [4.78, 5) is 26.7. The fraction of sp³-hybridized carbons (Fsp3) is 0.409. The third-order valence-electron chi connectivity index (χ3n) is 4.40. The molecule has 1 heterocycles. The molecular formula is C22H27ClN2O4. The molecule has 0 aliphatic rings. The zero-order chi connectivity index (χ0) is 21.2. The van der Waals surface area contributed by atoms with Gasteiger partial charge in [0.15, 0.2) is 0 Å². The van der Waals surface area contributed by atoms with Crippen molar-refractivity contribution in [3.8, 4) is 5.75 Å². The number of nitrogens with zero attached hydrogens (tertiary/aromatic N) is 1. The standard InChI is InChI=1S/C22H27ClN2O4/c1-15(2)4-3-5-19(29-18-10-11-20(23)25-14-18)16-6-8-17(9-7-16)22(28)24-13-12-21(26)27/h6-11,14-15,19H,3-5,12-13H2,1-2H3,(H,24,28)(H,26,27). The van der Waals surface area contributed by atoms with E-state index in [1.807, 2.05) is 12.1 Å². The lowest BCUT2D eigenvalue weighted by Crippen LogP contribution is -2.26. The zero-order valence-corrected chi connectivity index (χ0v) is 17.5. The van der Waals surface area contributed by atoms with Crippen LogP contribution in [0.2, 0.25) is 5.15 Å². The second kappa shape index (κ2) is 11.4. The number of carbonyl (C=O) groups is 2. The number of benzene rings is 1. The van der Waals surface area contributed by atoms with Crippen LogP contribution in [-0.4, -0.2) is 28.5 Å². The van der Waals surface area contributed by atoms with Gasteiger partial charge in [-0.2, -0.15) is 0 Å². The Balaban J connectivity index is 2.07. The molecule has 1 aromatic carbocycles. The van der Waals surface area contributed by atoms with Crippen molar-refractivity contribution in [2.45, 2.75) is 45.6 Å². The highest BCUT2D eigenvalue weighted by atomic mass is 35.5. The topological polar surface area (TPSA) is 88.5 Å². The monoisotopic (exact) mass is 418 g/mol. The summed E-state index contributed by atoms with van der Waals surface area (Å²) >= 11 is 5.85. The Morgan fingerprint density at radius 3 is 2.45 bits per heavy atom. The highest BCUT2D eigenvalue weighted by Crippen LogP contribution is 2.28. The van der Waals surface area contributed by atoms with E-state index in [0.717, 1.165) is 24.8 Å². The predicted octanol–water partition coefficient (Wildman–Crippen LogP) is 4.89. The number of rotatable bonds is 11. The third-order valence-corrected chi connectivity index (χ3v) is 4.62. The molecule has 0 fully saturated rings. The molecule has 2 aromatic rings. The highest BCUT2D eigenvalue weighted by Gasteiger charge is 2.15. The summed E-state index contributed by atoms with van der Waals surface area (Å²) in [6.45, 7) is 4.48. The summed E-state index contributed by atoms with van der Waals surface area (Å²) in [5, 5.41) is 11.7. The van der Waals surface area contributed by atoms with Gasteiger partial charge in [-0.15, -0.1) is 0 Å². The van der Waals surface area contributed by atoms with E-state index in [2.05, 4.69) is 24.1 Å². The number of carboxylic acids is 1. The Morgan fingerprint density at radius 2 is 1.86 bits per heavy atom. The number of carboxylic acid groups (broad SMARTS) is 1. The maximum atomic E-state index is 12.1. The number of amides is 1. The van der Waals surface area contributed by atoms with Gasteiger partial charge < -0.3 is 15.2 Å². The van der Waals surface area contributed by atoms with Crippen molar-refractivity contribution >= 4 is 23.5 Å². The van der Waals surface area contributed by atoms with Gasteiger partial charge in [-0.3, -0.25) is 9.59 Å². The van der Waals surface area contributed by atoms with Gasteiger partial charge in [-0.1, -0.05) is 44.0 Å². The molecule has 0 aliphatic carbocycles. The van der Waals surface area contributed by atoms with Crippen LogP contribution in [0.4, 0.5) is 0 Å². The summed E-state index contributed by atoms with van der Waals surface area (Å²) in [6, 6.07) is 10.7. The Labute approximate surface area is 176 Å². The van der Waals surface area contributed by atoms with E-state index in [1.54, 1.807) is 30.5 Å². The van der Waals surface area contributed by atoms with Crippen LogP contribution in [0.15, 0.2) is 42.6 Å². The fourth-order valence-electron chi connectivity index (χ4n) is 2.84. The van der Waals surface area contributed by atoms with E-state index >= 15 is 0 Å². The minimum absolute atomic E-state index is 0.0976. The van der Waals surface area contributed by atoms with E-state index in [9.17, 15) is 9.59 Å². The number of hydrogen-bond acceptors (Lipinski definition) is 4. The largest absolute Gasteiger partial charge is 0.484 e. The second-order valence-corrected chi connectivity index (χ2v) is 7.66. The molecule has 0 spiro atoms. The molecule has 2 N–H and O–H groups in total. The lowest BCUT2D eigenvalue weighted by atomic mass is 9.99. The van der Waals surface area contributed by atoms with E-state index in [0.29, 0.717) is 22.4 Å². The molecule has 156 valence electrons. The Hall–Kier alpha value is -2.60. The number of aromatic nitrogens is 1. The number of halogens is 1. The van der Waals surface area contributed by atoms with E-state index < -0.39 is 5.97 Å². The number of carbonyl (C=O) groups excluding carboxylic acids is 1. The van der Waals surface area contributed by atoms with Crippen molar-refractivity contribution in [3.05, 3.63) is 58.9 Å². The normalized spacial score (nSPS) is 11.9. The molecule has 6 nitrogen and oxygen atoms in total. The average molecular weight is 419 g/mol. The van der Waals surface area contributed by atoms with Gasteiger partial charge in [0.05, 0.1) is 12.6 Å². The molecule has 7 heteroatoms. The molecule has 1 unspecified atom stereocenters. The smallest absolute Gasteiger partial charge is 0.305 e. The van der Waals surface area contributed by atoms with Gasteiger partial charge in [0.2, 0.25) is 0 Å². The van der Waals surface area contributed by atoms with Gasteiger partial charge in [-0.05, 0) is 48.6 Å². The molecule has 29 heavy (non-hydrogen) atoms. The van der Waals surface area contributed by atoms with Crippen molar-refractivity contribution in [1.29, 1.82) is 0 Å². The number of pyridine rings is 1. The van der Waals surface area contributed by atoms with Crippen molar-refractivity contribution in [2.75, 3.05) is 6.54 Å². The SMILES string of the molecule is CC(C)CCCC(Oc1ccc(Cl)nc1)c1ccc(C(=O)NCCC(=O)O)cc1. The van der Waals surface area contributed by atoms with Gasteiger partial charge in [-0.25, -0.2) is 4.98 Å². The van der Waals surface area contributed by atoms with E-state index in [4.69, 9.17) is 21.4 Å². The van der Waals surface area contributed by atoms with Crippen molar-refractivity contribution < 1.29 is 19.4 Å². The molecule has 1 atom stereocenters. The number of hydrogen-bond donors (Lipinski definition) is 2. The maximum Gasteiger partial charge on any atom is 0.305 e. The van der Waals surface area contributed by atoms with Crippen LogP contribution in [0, 0.1) is 5.92 Å². The molecule has 1 aromatic heterocycles. The predicted molar refractivity (Wildman–Crippen MR) is 112 cm³/mol. The Bertz CT molecular complexity index is 791. The van der Waals surface area contributed by atoms with Gasteiger partial charge in [0.25, 0.3) is 5.91 Å². The van der Waals surface area contributed by atoms with Crippen LogP contribution in [0.1, 0.15) is 61.6 Å². The molecular weight excluding hydrogens is 392 g/mol. The zero-order valence-electron chi connectivity index (χ0n) is 16.7. The first-order valence-corrected chi connectivity index (χ1v) is 10.1. The fourth-order valence-corrected chi connectivity index (χ4v) is 2.95. The maximum absolute atomic E-state index is 12.1. The van der Waals surface area contributed by atoms with Gasteiger partial charge in [0, 0.05) is 12.1 Å². The van der Waals surface area contributed by atoms with Gasteiger partial charge in [0.1, 0.15) is 17.0 Å². The summed E-state index contributed by atoms with van der Waals surface area (Å²) in [5.41, 5.74) is 1.44. The second-order valence-electron chi connectivity index (χ2n) is 7.27. The lowest BCUT2D eigenvalue weighted by molar-refractivity contribution is -0.136. The summed E-state index contributed by atoms with van der Waals surface area (Å²) in [7, 11) is 0. The molecule has 0 bridgehead atoms. The minimum Gasteiger partial charge on any atom is -0.484 e. The van der Waals surface area contributed by atoms with Crippen LogP contribution < -0.4 is 10.1 Å².